The number of carbonyl (C=O) groups is 1. The van der Waals surface area contributed by atoms with Crippen molar-refractivity contribution in [3.05, 3.63) is 35.4 Å². The molecule has 1 rings (SSSR count). The Balaban J connectivity index is 0.00000121. The predicted molar refractivity (Wildman–Crippen MR) is 72.4 cm³/mol. The van der Waals surface area contributed by atoms with Gasteiger partial charge in [0.15, 0.2) is 0 Å². The molecule has 1 aromatic carbocycles. The van der Waals surface area contributed by atoms with Crippen LogP contribution < -0.4 is 0 Å². The molecule has 0 spiro atoms. The highest BCUT2D eigenvalue weighted by molar-refractivity contribution is 5.68. The third kappa shape index (κ3) is 5.03. The second kappa shape index (κ2) is 7.10. The van der Waals surface area contributed by atoms with Gasteiger partial charge in [0.1, 0.15) is 0 Å². The van der Waals surface area contributed by atoms with E-state index in [1.807, 2.05) is 39.8 Å². The van der Waals surface area contributed by atoms with Crippen molar-refractivity contribution in [3.63, 3.8) is 0 Å². The lowest BCUT2D eigenvalue weighted by Gasteiger charge is -2.23. The van der Waals surface area contributed by atoms with E-state index in [0.717, 1.165) is 12.0 Å². The minimum Gasteiger partial charge on any atom is -0.481 e. The summed E-state index contributed by atoms with van der Waals surface area (Å²) in [4.78, 5) is 10.7. The van der Waals surface area contributed by atoms with E-state index in [1.54, 1.807) is 0 Å². The molecule has 0 heterocycles. The first-order valence-electron chi connectivity index (χ1n) is 6.27. The van der Waals surface area contributed by atoms with Crippen LogP contribution in [0.3, 0.4) is 0 Å². The Kier molecular flexibility index (Phi) is 6.55. The summed E-state index contributed by atoms with van der Waals surface area (Å²) in [6.45, 7) is 10.0. The summed E-state index contributed by atoms with van der Waals surface area (Å²) in [5, 5.41) is 8.84. The normalized spacial score (nSPS) is 10.4. The molecule has 0 unspecified atom stereocenters. The van der Waals surface area contributed by atoms with Crippen LogP contribution in [0, 0.1) is 0 Å². The number of hydrogen-bond acceptors (Lipinski definition) is 1. The summed E-state index contributed by atoms with van der Waals surface area (Å²) >= 11 is 0. The van der Waals surface area contributed by atoms with Crippen LogP contribution in [0.1, 0.15) is 52.2 Å². The van der Waals surface area contributed by atoms with Crippen molar-refractivity contribution in [1.82, 2.24) is 0 Å². The van der Waals surface area contributed by atoms with E-state index < -0.39 is 5.97 Å². The van der Waals surface area contributed by atoms with Gasteiger partial charge in [-0.05, 0) is 17.5 Å². The van der Waals surface area contributed by atoms with Gasteiger partial charge in [0.25, 0.3) is 0 Å². The zero-order chi connectivity index (χ0) is 13.5. The summed E-state index contributed by atoms with van der Waals surface area (Å²) in [6, 6.07) is 8.17. The van der Waals surface area contributed by atoms with E-state index in [4.69, 9.17) is 5.11 Å². The molecule has 0 aliphatic rings. The largest absolute Gasteiger partial charge is 0.481 e. The molecule has 2 heteroatoms. The van der Waals surface area contributed by atoms with Gasteiger partial charge in [0.2, 0.25) is 0 Å². The number of rotatable bonds is 4. The van der Waals surface area contributed by atoms with Crippen LogP contribution in [-0.4, -0.2) is 11.1 Å². The van der Waals surface area contributed by atoms with Gasteiger partial charge in [-0.25, -0.2) is 0 Å². The van der Waals surface area contributed by atoms with Crippen molar-refractivity contribution in [2.24, 2.45) is 0 Å². The number of aliphatic carboxylic acids is 1. The smallest absolute Gasteiger partial charge is 0.304 e. The molecule has 0 saturated heterocycles. The summed E-state index contributed by atoms with van der Waals surface area (Å²) < 4.78 is 0. The number of hydrogen-bond donors (Lipinski definition) is 1. The number of aryl methyl sites for hydroxylation is 1. The highest BCUT2D eigenvalue weighted by Crippen LogP contribution is 2.27. The van der Waals surface area contributed by atoms with Crippen molar-refractivity contribution in [2.75, 3.05) is 0 Å². The summed E-state index contributed by atoms with van der Waals surface area (Å²) in [6.07, 6.45) is 1.15. The fourth-order valence-electron chi connectivity index (χ4n) is 1.69. The third-order valence-electron chi connectivity index (χ3n) is 2.71. The minimum absolute atomic E-state index is 0.167. The first-order valence-corrected chi connectivity index (χ1v) is 6.27. The van der Waals surface area contributed by atoms with Crippen LogP contribution >= 0.6 is 0 Å². The quantitative estimate of drug-likeness (QED) is 0.857. The van der Waals surface area contributed by atoms with Crippen LogP contribution in [0.5, 0.6) is 0 Å². The first-order chi connectivity index (χ1) is 7.95. The van der Waals surface area contributed by atoms with Crippen molar-refractivity contribution in [3.8, 4) is 0 Å². The number of carboxylic acid groups (broad SMARTS) is 1. The number of carboxylic acids is 1. The summed E-state index contributed by atoms with van der Waals surface area (Å²) in [5.74, 6) is -0.748. The Bertz CT molecular complexity index is 354. The molecule has 0 fully saturated rings. The van der Waals surface area contributed by atoms with Crippen molar-refractivity contribution < 1.29 is 9.90 Å². The van der Waals surface area contributed by atoms with Crippen LogP contribution in [0.15, 0.2) is 24.3 Å². The van der Waals surface area contributed by atoms with Crippen molar-refractivity contribution >= 4 is 5.97 Å². The van der Waals surface area contributed by atoms with Crippen LogP contribution in [-0.2, 0) is 16.6 Å². The van der Waals surface area contributed by atoms with Gasteiger partial charge in [0.05, 0.1) is 6.42 Å². The molecule has 0 bridgehead atoms. The van der Waals surface area contributed by atoms with Crippen molar-refractivity contribution in [2.45, 2.75) is 52.9 Å². The predicted octanol–water partition coefficient (Wildman–Crippen LogP) is 4.03. The van der Waals surface area contributed by atoms with Crippen LogP contribution in [0.25, 0.3) is 0 Å². The lowest BCUT2D eigenvalue weighted by atomic mass is 9.81. The van der Waals surface area contributed by atoms with E-state index in [9.17, 15) is 4.79 Å². The topological polar surface area (TPSA) is 37.3 Å². The van der Waals surface area contributed by atoms with Gasteiger partial charge < -0.3 is 5.11 Å². The van der Waals surface area contributed by atoms with Gasteiger partial charge in [-0.1, -0.05) is 58.9 Å². The zero-order valence-electron chi connectivity index (χ0n) is 11.6. The molecule has 1 aromatic rings. The average molecular weight is 236 g/mol. The monoisotopic (exact) mass is 236 g/mol. The third-order valence-corrected chi connectivity index (χ3v) is 2.71. The highest BCUT2D eigenvalue weighted by atomic mass is 16.4. The molecular formula is C15H24O2. The zero-order valence-corrected chi connectivity index (χ0v) is 11.6. The SMILES string of the molecule is CC.CCc1cccc(C(C)(C)CC(=O)O)c1. The molecule has 0 amide bonds. The summed E-state index contributed by atoms with van der Waals surface area (Å²) in [5.41, 5.74) is 2.06. The second-order valence-corrected chi connectivity index (χ2v) is 4.51. The van der Waals surface area contributed by atoms with Crippen LogP contribution in [0.4, 0.5) is 0 Å². The lowest BCUT2D eigenvalue weighted by molar-refractivity contribution is -0.138. The maximum Gasteiger partial charge on any atom is 0.304 e. The van der Waals surface area contributed by atoms with E-state index >= 15 is 0 Å². The molecule has 0 aliphatic carbocycles. The maximum atomic E-state index is 10.7. The molecule has 2 nitrogen and oxygen atoms in total. The van der Waals surface area contributed by atoms with E-state index in [0.29, 0.717) is 0 Å². The molecule has 0 aliphatic heterocycles. The molecule has 0 aromatic heterocycles. The first kappa shape index (κ1) is 15.7. The molecular weight excluding hydrogens is 212 g/mol. The molecule has 0 atom stereocenters. The molecule has 17 heavy (non-hydrogen) atoms. The number of benzene rings is 1. The fraction of sp³-hybridized carbons (Fsp3) is 0.533. The van der Waals surface area contributed by atoms with Gasteiger partial charge >= 0.3 is 5.97 Å². The van der Waals surface area contributed by atoms with E-state index in [-0.39, 0.29) is 11.8 Å². The molecule has 0 radical (unpaired) electrons. The second-order valence-electron chi connectivity index (χ2n) is 4.51. The average Bonchev–Trinajstić information content (AvgIpc) is 2.30. The van der Waals surface area contributed by atoms with Crippen LogP contribution in [0.2, 0.25) is 0 Å². The Morgan fingerprint density at radius 2 is 1.88 bits per heavy atom. The fourth-order valence-corrected chi connectivity index (χ4v) is 1.69. The minimum atomic E-state index is -0.748. The highest BCUT2D eigenvalue weighted by Gasteiger charge is 2.23. The Morgan fingerprint density at radius 1 is 1.29 bits per heavy atom. The Hall–Kier alpha value is -1.31. The van der Waals surface area contributed by atoms with E-state index in [2.05, 4.69) is 19.1 Å². The Labute approximate surface area is 105 Å². The molecule has 1 N–H and O–H groups in total. The Morgan fingerprint density at radius 3 is 2.35 bits per heavy atom. The molecule has 96 valence electrons. The van der Waals surface area contributed by atoms with Gasteiger partial charge in [0, 0.05) is 5.41 Å². The lowest BCUT2D eigenvalue weighted by Crippen LogP contribution is -2.21. The van der Waals surface area contributed by atoms with Gasteiger partial charge in [-0.2, -0.15) is 0 Å². The summed E-state index contributed by atoms with van der Waals surface area (Å²) in [7, 11) is 0. The molecule has 0 saturated carbocycles. The van der Waals surface area contributed by atoms with E-state index in [1.165, 1.54) is 5.56 Å². The van der Waals surface area contributed by atoms with Gasteiger partial charge in [-0.3, -0.25) is 4.79 Å². The van der Waals surface area contributed by atoms with Crippen molar-refractivity contribution in [1.29, 1.82) is 0 Å². The standard InChI is InChI=1S/C13H18O2.C2H6/c1-4-10-6-5-7-11(8-10)13(2,3)9-12(14)15;1-2/h5-8H,4,9H2,1-3H3,(H,14,15);1-2H3. The van der Waals surface area contributed by atoms with Gasteiger partial charge in [-0.15, -0.1) is 0 Å². The maximum absolute atomic E-state index is 10.7.